The minimum absolute atomic E-state index is 0.0283. The first-order valence-electron chi connectivity index (χ1n) is 22.8. The molecule has 6 aromatic heterocycles. The Balaban J connectivity index is 0.000000173. The van der Waals surface area contributed by atoms with Gasteiger partial charge in [0.1, 0.15) is 6.73 Å². The highest BCUT2D eigenvalue weighted by Crippen LogP contribution is 2.37. The lowest BCUT2D eigenvalue weighted by molar-refractivity contribution is 0.0667. The molecule has 0 spiro atoms. The molecule has 1 amide bonds. The molecular formula is C48H68N12O6Si. The fraction of sp³-hybridized carbons (Fsp3) is 0.500. The van der Waals surface area contributed by atoms with Crippen molar-refractivity contribution in [3.8, 4) is 11.8 Å². The van der Waals surface area contributed by atoms with E-state index in [2.05, 4.69) is 88.1 Å². The third kappa shape index (κ3) is 13.2. The second-order valence-electron chi connectivity index (χ2n) is 20.2. The minimum atomic E-state index is -1.11. The van der Waals surface area contributed by atoms with Crippen molar-refractivity contribution in [3.63, 3.8) is 0 Å². The average molecular weight is 937 g/mol. The third-order valence-corrected chi connectivity index (χ3v) is 14.0. The van der Waals surface area contributed by atoms with E-state index in [-0.39, 0.29) is 34.5 Å². The molecule has 19 heteroatoms. The molecule has 2 atom stereocenters. The number of carbonyl (C=O) groups is 2. The molecule has 67 heavy (non-hydrogen) atoms. The molecule has 5 N–H and O–H groups in total. The van der Waals surface area contributed by atoms with Gasteiger partial charge in [-0.25, -0.2) is 19.4 Å². The van der Waals surface area contributed by atoms with Gasteiger partial charge in [-0.1, -0.05) is 47.3 Å². The van der Waals surface area contributed by atoms with Gasteiger partial charge < -0.3 is 30.4 Å². The van der Waals surface area contributed by atoms with E-state index in [0.29, 0.717) is 35.6 Å². The van der Waals surface area contributed by atoms with E-state index in [0.717, 1.165) is 84.8 Å². The largest absolute Gasteiger partial charge is 0.481 e. The van der Waals surface area contributed by atoms with Gasteiger partial charge >= 0.3 is 5.97 Å². The lowest BCUT2D eigenvalue weighted by atomic mass is 9.76. The second-order valence-corrected chi connectivity index (χ2v) is 25.8. The van der Waals surface area contributed by atoms with Gasteiger partial charge in [0.2, 0.25) is 11.8 Å². The van der Waals surface area contributed by atoms with Crippen LogP contribution in [0.1, 0.15) is 121 Å². The lowest BCUT2D eigenvalue weighted by Crippen LogP contribution is -2.25. The van der Waals surface area contributed by atoms with Crippen molar-refractivity contribution >= 4 is 31.3 Å². The Hall–Kier alpha value is -6.34. The van der Waals surface area contributed by atoms with Crippen LogP contribution in [0.15, 0.2) is 61.4 Å². The van der Waals surface area contributed by atoms with E-state index < -0.39 is 14.0 Å². The molecule has 2 unspecified atom stereocenters. The number of aromatic amines is 1. The number of aromatic nitrogens is 10. The number of carboxylic acids is 1. The summed E-state index contributed by atoms with van der Waals surface area (Å²) in [6.45, 7) is 21.0. The standard InChI is InChI=1S/C21H26N6O2.C16H28N2O3Si.C11H14N4O/c1-13(14-5-6-18(29-4)22-10-14)27-12-15(11-23-27)24-20(28)19-16-7-8-21(2,3)9-17(16)25-26-19;1-16(2)7-6-12-13(10-16)18(17-14(12)15(19)20)11-21-8-9-22(3,4)5;1-8(15-7-10(12)6-14-15)9-3-4-11(16-2)13-5-9/h5-6,10-13H,7-9H2,1-4H3,(H,24,28)(H,25,26);6-11H2,1-5H3,(H,19,20);3-8H,12H2,1-2H3. The molecule has 0 saturated carbocycles. The number of nitrogens with zero attached hydrogens (tertiary/aromatic N) is 9. The van der Waals surface area contributed by atoms with E-state index in [1.54, 1.807) is 59.2 Å². The van der Waals surface area contributed by atoms with Crippen LogP contribution in [0.25, 0.3) is 0 Å². The maximum atomic E-state index is 12.8. The molecule has 6 aromatic rings. The predicted octanol–water partition coefficient (Wildman–Crippen LogP) is 8.27. The number of amides is 1. The summed E-state index contributed by atoms with van der Waals surface area (Å²) in [5.41, 5.74) is 14.1. The van der Waals surface area contributed by atoms with E-state index >= 15 is 0 Å². The quantitative estimate of drug-likeness (QED) is 0.0596. The number of nitrogens with one attached hydrogen (secondary N) is 2. The molecule has 360 valence electrons. The molecule has 0 saturated heterocycles. The normalized spacial score (nSPS) is 15.6. The number of nitrogen functional groups attached to an aromatic ring is 1. The molecule has 0 bridgehead atoms. The molecule has 0 aromatic carbocycles. The zero-order valence-electron chi connectivity index (χ0n) is 40.9. The minimum Gasteiger partial charge on any atom is -0.481 e. The van der Waals surface area contributed by atoms with Crippen LogP contribution in [0.3, 0.4) is 0 Å². The van der Waals surface area contributed by atoms with Crippen LogP contribution in [0.5, 0.6) is 11.8 Å². The summed E-state index contributed by atoms with van der Waals surface area (Å²) in [7, 11) is 2.08. The molecule has 0 aliphatic heterocycles. The first-order chi connectivity index (χ1) is 31.7. The van der Waals surface area contributed by atoms with Gasteiger partial charge in [-0.2, -0.15) is 20.4 Å². The Bertz CT molecular complexity index is 2590. The van der Waals surface area contributed by atoms with Crippen molar-refractivity contribution in [2.45, 2.75) is 125 Å². The molecule has 8 rings (SSSR count). The Morgan fingerprint density at radius 1 is 0.836 bits per heavy atom. The number of methoxy groups -OCH3 is 2. The smallest absolute Gasteiger partial charge is 0.356 e. The number of rotatable bonds is 14. The van der Waals surface area contributed by atoms with Gasteiger partial charge in [0, 0.05) is 74.1 Å². The van der Waals surface area contributed by atoms with Crippen LogP contribution in [0, 0.1) is 10.8 Å². The Morgan fingerprint density at radius 3 is 1.96 bits per heavy atom. The monoisotopic (exact) mass is 937 g/mol. The maximum Gasteiger partial charge on any atom is 0.356 e. The number of carboxylic acid groups (broad SMARTS) is 1. The fourth-order valence-electron chi connectivity index (χ4n) is 8.04. The van der Waals surface area contributed by atoms with Gasteiger partial charge in [-0.05, 0) is 92.5 Å². The Labute approximate surface area is 394 Å². The Kier molecular flexibility index (Phi) is 15.8. The summed E-state index contributed by atoms with van der Waals surface area (Å²) >= 11 is 0. The number of fused-ring (bicyclic) bond motifs is 2. The first kappa shape index (κ1) is 50.1. The highest BCUT2D eigenvalue weighted by Gasteiger charge is 2.33. The van der Waals surface area contributed by atoms with Crippen molar-refractivity contribution in [1.82, 2.24) is 49.5 Å². The summed E-state index contributed by atoms with van der Waals surface area (Å²) in [6.07, 6.45) is 15.9. The Morgan fingerprint density at radius 2 is 1.42 bits per heavy atom. The maximum absolute atomic E-state index is 12.8. The van der Waals surface area contributed by atoms with Crippen molar-refractivity contribution in [2.75, 3.05) is 31.9 Å². The highest BCUT2D eigenvalue weighted by atomic mass is 28.3. The number of nitrogens with two attached hydrogens (primary N) is 1. The second kappa shape index (κ2) is 21.1. The predicted molar refractivity (Wildman–Crippen MR) is 260 cm³/mol. The number of pyridine rings is 2. The lowest BCUT2D eigenvalue weighted by Gasteiger charge is -2.30. The van der Waals surface area contributed by atoms with Gasteiger partial charge in [-0.3, -0.25) is 19.3 Å². The van der Waals surface area contributed by atoms with Crippen LogP contribution < -0.4 is 20.5 Å². The van der Waals surface area contributed by atoms with Crippen molar-refractivity contribution in [1.29, 1.82) is 0 Å². The van der Waals surface area contributed by atoms with E-state index in [4.69, 9.17) is 19.9 Å². The fourth-order valence-corrected chi connectivity index (χ4v) is 8.79. The van der Waals surface area contributed by atoms with Crippen LogP contribution in [-0.4, -0.2) is 95.4 Å². The molecule has 0 fully saturated rings. The van der Waals surface area contributed by atoms with Gasteiger partial charge in [0.15, 0.2) is 11.4 Å². The summed E-state index contributed by atoms with van der Waals surface area (Å²) in [4.78, 5) is 32.6. The zero-order chi connectivity index (χ0) is 48.7. The zero-order valence-corrected chi connectivity index (χ0v) is 41.9. The van der Waals surface area contributed by atoms with Crippen LogP contribution >= 0.6 is 0 Å². The number of ether oxygens (including phenoxy) is 3. The number of hydrogen-bond acceptors (Lipinski definition) is 12. The molecule has 6 heterocycles. The van der Waals surface area contributed by atoms with Crippen LogP contribution in [0.4, 0.5) is 11.4 Å². The van der Waals surface area contributed by atoms with Gasteiger partial charge in [-0.15, -0.1) is 0 Å². The molecule has 0 radical (unpaired) electrons. The van der Waals surface area contributed by atoms with Crippen molar-refractivity contribution < 1.29 is 28.9 Å². The third-order valence-electron chi connectivity index (χ3n) is 12.3. The van der Waals surface area contributed by atoms with Crippen LogP contribution in [0.2, 0.25) is 25.7 Å². The van der Waals surface area contributed by atoms with Crippen LogP contribution in [-0.2, 0) is 37.2 Å². The van der Waals surface area contributed by atoms with Crippen molar-refractivity contribution in [2.24, 2.45) is 10.8 Å². The summed E-state index contributed by atoms with van der Waals surface area (Å²) in [6, 6.07) is 8.75. The number of carbonyl (C=O) groups excluding carboxylic acids is 1. The molecule has 2 aliphatic carbocycles. The summed E-state index contributed by atoms with van der Waals surface area (Å²) < 4.78 is 21.2. The van der Waals surface area contributed by atoms with Gasteiger partial charge in [0.25, 0.3) is 5.91 Å². The highest BCUT2D eigenvalue weighted by molar-refractivity contribution is 6.76. The van der Waals surface area contributed by atoms with E-state index in [1.165, 1.54) is 0 Å². The summed E-state index contributed by atoms with van der Waals surface area (Å²) in [5, 5.41) is 32.5. The van der Waals surface area contributed by atoms with Gasteiger partial charge in [0.05, 0.1) is 50.1 Å². The molecule has 18 nitrogen and oxygen atoms in total. The van der Waals surface area contributed by atoms with E-state index in [1.807, 2.05) is 44.3 Å². The molecule has 2 aliphatic rings. The SMILES string of the molecule is CC1(C)CCc2c(C(=O)O)nn(COCC[Si](C)(C)C)c2C1.COc1ccc(C(C)n2cc(N)cn2)cn1.COc1ccc(C(C)n2cc(NC(=O)c3n[nH]c4c3CCC(C)(C)C4)cn2)cn1. The number of anilines is 2. The van der Waals surface area contributed by atoms with E-state index in [9.17, 15) is 14.7 Å². The summed E-state index contributed by atoms with van der Waals surface area (Å²) in [5.74, 6) is 0.0355. The average Bonchev–Trinajstić information content (AvgIpc) is 4.10. The van der Waals surface area contributed by atoms with Crippen molar-refractivity contribution in [3.05, 3.63) is 106 Å². The first-order valence-corrected chi connectivity index (χ1v) is 26.5. The molecular weight excluding hydrogens is 869 g/mol. The number of aromatic carboxylic acids is 1. The number of H-pyrrole nitrogens is 1. The number of hydrogen-bond donors (Lipinski definition) is 4. The topological polar surface area (TPSA) is 228 Å².